The molecule has 1 atom stereocenters. The average Bonchev–Trinajstić information content (AvgIpc) is 2.91. The second-order valence-electron chi connectivity index (χ2n) is 4.33. The number of urea groups is 1. The van der Waals surface area contributed by atoms with Gasteiger partial charge >= 0.3 is 12.0 Å². The van der Waals surface area contributed by atoms with E-state index in [9.17, 15) is 14.7 Å². The molecule has 0 fully saturated rings. The molecule has 0 aliphatic carbocycles. The number of phenols is 1. The van der Waals surface area contributed by atoms with Crippen LogP contribution < -0.4 is 10.6 Å². The topological polar surface area (TPSA) is 127 Å². The van der Waals surface area contributed by atoms with E-state index < -0.39 is 17.7 Å². The van der Waals surface area contributed by atoms with Crippen molar-refractivity contribution in [2.45, 2.75) is 13.0 Å². The van der Waals surface area contributed by atoms with Gasteiger partial charge < -0.3 is 25.8 Å². The average molecular weight is 290 g/mol. The van der Waals surface area contributed by atoms with E-state index in [-0.39, 0.29) is 17.3 Å². The van der Waals surface area contributed by atoms with Gasteiger partial charge in [-0.15, -0.1) is 0 Å². The number of carboxylic acid groups (broad SMARTS) is 1. The number of rotatable bonds is 4. The van der Waals surface area contributed by atoms with Crippen molar-refractivity contribution in [1.82, 2.24) is 15.3 Å². The van der Waals surface area contributed by atoms with Crippen molar-refractivity contribution < 1.29 is 19.8 Å². The van der Waals surface area contributed by atoms with Crippen LogP contribution in [0.25, 0.3) is 0 Å². The third-order valence-electron chi connectivity index (χ3n) is 2.76. The second-order valence-corrected chi connectivity index (χ2v) is 4.33. The molecule has 0 aliphatic heterocycles. The predicted octanol–water partition coefficient (Wildman–Crippen LogP) is 1.70. The molecule has 0 saturated heterocycles. The summed E-state index contributed by atoms with van der Waals surface area (Å²) in [6.45, 7) is 1.75. The van der Waals surface area contributed by atoms with E-state index >= 15 is 0 Å². The van der Waals surface area contributed by atoms with Gasteiger partial charge in [0.05, 0.1) is 6.04 Å². The molecule has 0 radical (unpaired) electrons. The number of benzene rings is 1. The lowest BCUT2D eigenvalue weighted by Gasteiger charge is -2.13. The summed E-state index contributed by atoms with van der Waals surface area (Å²) < 4.78 is 0. The number of hydrogen-bond donors (Lipinski definition) is 5. The Bertz CT molecular complexity index is 654. The zero-order chi connectivity index (χ0) is 15.4. The van der Waals surface area contributed by atoms with Crippen LogP contribution in [0.5, 0.6) is 5.75 Å². The number of amides is 2. The number of anilines is 1. The van der Waals surface area contributed by atoms with Crippen molar-refractivity contribution >= 4 is 17.7 Å². The quantitative estimate of drug-likeness (QED) is 0.585. The highest BCUT2D eigenvalue weighted by Gasteiger charge is 2.13. The van der Waals surface area contributed by atoms with Crippen LogP contribution in [0.3, 0.4) is 0 Å². The molecule has 0 bridgehead atoms. The standard InChI is InChI=1S/C13H14N4O4/c1-7(11-14-4-5-15-11)16-13(21)17-8-2-3-9(12(19)20)10(18)6-8/h2-7,18H,1H3,(H,14,15)(H,19,20)(H2,16,17,21). The molecule has 8 heteroatoms. The fourth-order valence-electron chi connectivity index (χ4n) is 1.74. The summed E-state index contributed by atoms with van der Waals surface area (Å²) in [5, 5.41) is 23.5. The van der Waals surface area contributed by atoms with Crippen molar-refractivity contribution in [2.75, 3.05) is 5.32 Å². The molecular formula is C13H14N4O4. The number of nitrogens with zero attached hydrogens (tertiary/aromatic N) is 1. The maximum atomic E-state index is 11.8. The van der Waals surface area contributed by atoms with Crippen LogP contribution in [0.15, 0.2) is 30.6 Å². The van der Waals surface area contributed by atoms with E-state index in [1.54, 1.807) is 19.3 Å². The molecular weight excluding hydrogens is 276 g/mol. The Morgan fingerprint density at radius 2 is 2.14 bits per heavy atom. The fraction of sp³-hybridized carbons (Fsp3) is 0.154. The Labute approximate surface area is 119 Å². The summed E-state index contributed by atoms with van der Waals surface area (Å²) in [5.41, 5.74) is 0.0477. The van der Waals surface area contributed by atoms with Crippen LogP contribution in [0.1, 0.15) is 29.1 Å². The molecule has 8 nitrogen and oxygen atoms in total. The highest BCUT2D eigenvalue weighted by molar-refractivity contribution is 5.94. The van der Waals surface area contributed by atoms with E-state index in [2.05, 4.69) is 20.6 Å². The summed E-state index contributed by atoms with van der Waals surface area (Å²) in [6, 6.07) is 2.94. The van der Waals surface area contributed by atoms with E-state index in [1.165, 1.54) is 18.2 Å². The SMILES string of the molecule is CC(NC(=O)Nc1ccc(C(=O)O)c(O)c1)c1ncc[nH]1. The van der Waals surface area contributed by atoms with Gasteiger partial charge in [0.1, 0.15) is 17.1 Å². The number of hydrogen-bond acceptors (Lipinski definition) is 4. The van der Waals surface area contributed by atoms with Crippen molar-refractivity contribution in [3.63, 3.8) is 0 Å². The lowest BCUT2D eigenvalue weighted by atomic mass is 10.2. The Morgan fingerprint density at radius 1 is 1.38 bits per heavy atom. The molecule has 2 rings (SSSR count). The van der Waals surface area contributed by atoms with Crippen LogP contribution in [0.4, 0.5) is 10.5 Å². The first-order valence-electron chi connectivity index (χ1n) is 6.10. The molecule has 1 heterocycles. The number of nitrogens with one attached hydrogen (secondary N) is 3. The Balaban J connectivity index is 2.00. The van der Waals surface area contributed by atoms with Gasteiger partial charge in [-0.05, 0) is 19.1 Å². The monoisotopic (exact) mass is 290 g/mol. The van der Waals surface area contributed by atoms with E-state index in [4.69, 9.17) is 5.11 Å². The number of carbonyl (C=O) groups is 2. The highest BCUT2D eigenvalue weighted by atomic mass is 16.4. The first-order chi connectivity index (χ1) is 9.97. The van der Waals surface area contributed by atoms with Crippen molar-refractivity contribution in [3.8, 4) is 5.75 Å². The number of aromatic nitrogens is 2. The van der Waals surface area contributed by atoms with Gasteiger partial charge in [0, 0.05) is 24.1 Å². The second kappa shape index (κ2) is 5.95. The summed E-state index contributed by atoms with van der Waals surface area (Å²) in [7, 11) is 0. The van der Waals surface area contributed by atoms with Gasteiger partial charge in [0.15, 0.2) is 0 Å². The largest absolute Gasteiger partial charge is 0.507 e. The number of H-pyrrole nitrogens is 1. The molecule has 0 saturated carbocycles. The minimum absolute atomic E-state index is 0.232. The number of imidazole rings is 1. The number of carbonyl (C=O) groups excluding carboxylic acids is 1. The van der Waals surface area contributed by atoms with Crippen LogP contribution in [-0.2, 0) is 0 Å². The van der Waals surface area contributed by atoms with Gasteiger partial charge in [-0.25, -0.2) is 14.6 Å². The number of aromatic carboxylic acids is 1. The summed E-state index contributed by atoms with van der Waals surface area (Å²) in [6.07, 6.45) is 3.22. The van der Waals surface area contributed by atoms with Crippen LogP contribution in [-0.4, -0.2) is 32.2 Å². The van der Waals surface area contributed by atoms with Gasteiger partial charge in [0.25, 0.3) is 0 Å². The molecule has 1 unspecified atom stereocenters. The molecule has 0 spiro atoms. The van der Waals surface area contributed by atoms with E-state index in [0.717, 1.165) is 0 Å². The zero-order valence-corrected chi connectivity index (χ0v) is 11.1. The first-order valence-corrected chi connectivity index (χ1v) is 6.10. The normalized spacial score (nSPS) is 11.7. The van der Waals surface area contributed by atoms with E-state index in [1.807, 2.05) is 0 Å². The molecule has 2 aromatic rings. The molecule has 110 valence electrons. The molecule has 5 N–H and O–H groups in total. The summed E-state index contributed by atoms with van der Waals surface area (Å²) in [4.78, 5) is 29.4. The maximum absolute atomic E-state index is 11.8. The predicted molar refractivity (Wildman–Crippen MR) is 74.2 cm³/mol. The van der Waals surface area contributed by atoms with Crippen molar-refractivity contribution in [3.05, 3.63) is 42.0 Å². The molecule has 0 aliphatic rings. The maximum Gasteiger partial charge on any atom is 0.339 e. The van der Waals surface area contributed by atoms with Crippen LogP contribution in [0, 0.1) is 0 Å². The van der Waals surface area contributed by atoms with Gasteiger partial charge in [-0.1, -0.05) is 0 Å². The Kier molecular flexibility index (Phi) is 4.07. The Hall–Kier alpha value is -3.03. The van der Waals surface area contributed by atoms with Crippen molar-refractivity contribution in [1.29, 1.82) is 0 Å². The lowest BCUT2D eigenvalue weighted by Crippen LogP contribution is -2.31. The summed E-state index contributed by atoms with van der Waals surface area (Å²) in [5.74, 6) is -1.05. The summed E-state index contributed by atoms with van der Waals surface area (Å²) >= 11 is 0. The zero-order valence-electron chi connectivity index (χ0n) is 11.1. The molecule has 1 aromatic heterocycles. The number of aromatic hydroxyl groups is 1. The van der Waals surface area contributed by atoms with Crippen LogP contribution >= 0.6 is 0 Å². The molecule has 2 amide bonds. The van der Waals surface area contributed by atoms with Gasteiger partial charge in [0.2, 0.25) is 0 Å². The van der Waals surface area contributed by atoms with Gasteiger partial charge in [-0.3, -0.25) is 0 Å². The van der Waals surface area contributed by atoms with Crippen molar-refractivity contribution in [2.24, 2.45) is 0 Å². The Morgan fingerprint density at radius 3 is 2.71 bits per heavy atom. The third kappa shape index (κ3) is 3.50. The number of aromatic amines is 1. The highest BCUT2D eigenvalue weighted by Crippen LogP contribution is 2.22. The van der Waals surface area contributed by atoms with Gasteiger partial charge in [-0.2, -0.15) is 0 Å². The van der Waals surface area contributed by atoms with E-state index in [0.29, 0.717) is 5.82 Å². The first kappa shape index (κ1) is 14.4. The molecule has 1 aromatic carbocycles. The fourth-order valence-corrected chi connectivity index (χ4v) is 1.74. The smallest absolute Gasteiger partial charge is 0.339 e. The minimum atomic E-state index is -1.24. The number of carboxylic acids is 1. The lowest BCUT2D eigenvalue weighted by molar-refractivity contribution is 0.0694. The minimum Gasteiger partial charge on any atom is -0.507 e. The van der Waals surface area contributed by atoms with Crippen LogP contribution in [0.2, 0.25) is 0 Å². The molecule has 21 heavy (non-hydrogen) atoms. The third-order valence-corrected chi connectivity index (χ3v) is 2.76.